The van der Waals surface area contributed by atoms with E-state index in [2.05, 4.69) is 19.9 Å². The van der Waals surface area contributed by atoms with Crippen molar-refractivity contribution in [3.63, 3.8) is 0 Å². The highest BCUT2D eigenvalue weighted by atomic mass is 14.4. The summed E-state index contributed by atoms with van der Waals surface area (Å²) >= 11 is 0. The predicted octanol–water partition coefficient (Wildman–Crippen LogP) is 5.70. The Hall–Kier alpha value is -0.510. The fraction of sp³-hybridized carbons (Fsp3) is 0.944. The lowest BCUT2D eigenvalue weighted by atomic mass is 9.63. The summed E-state index contributed by atoms with van der Waals surface area (Å²) in [4.78, 5) is 0. The summed E-state index contributed by atoms with van der Waals surface area (Å²) in [6.07, 6.45) is 14.7. The molecule has 2 aliphatic rings. The third kappa shape index (κ3) is 3.74. The molecule has 2 aliphatic carbocycles. The highest BCUT2D eigenvalue weighted by Gasteiger charge is 2.38. The second-order valence-electron chi connectivity index (χ2n) is 7.35. The molecule has 0 aliphatic heterocycles. The molecule has 108 valence electrons. The van der Waals surface area contributed by atoms with E-state index in [0.717, 1.165) is 18.3 Å². The van der Waals surface area contributed by atoms with Gasteiger partial charge < -0.3 is 0 Å². The molecule has 0 amide bonds. The maximum absolute atomic E-state index is 9.63. The minimum Gasteiger partial charge on any atom is -0.198 e. The molecular formula is C18H31N. The van der Waals surface area contributed by atoms with Crippen LogP contribution < -0.4 is 0 Å². The molecule has 2 fully saturated rings. The Bertz CT molecular complexity index is 300. The number of rotatable bonds is 4. The van der Waals surface area contributed by atoms with Crippen LogP contribution in [-0.2, 0) is 0 Å². The number of nitrogens with zero attached hydrogens (tertiary/aromatic N) is 1. The fourth-order valence-electron chi connectivity index (χ4n) is 4.44. The Morgan fingerprint density at radius 3 is 2.16 bits per heavy atom. The SMILES string of the molecule is CCC(C)CC1(C#N)CCC(C2CCCCC2)CC1. The van der Waals surface area contributed by atoms with Gasteiger partial charge in [0, 0.05) is 0 Å². The molecule has 0 radical (unpaired) electrons. The number of hydrogen-bond acceptors (Lipinski definition) is 1. The van der Waals surface area contributed by atoms with E-state index in [1.165, 1.54) is 64.2 Å². The van der Waals surface area contributed by atoms with Crippen molar-refractivity contribution in [2.45, 2.75) is 84.5 Å². The molecule has 19 heavy (non-hydrogen) atoms. The average Bonchev–Trinajstić information content (AvgIpc) is 2.48. The zero-order valence-electron chi connectivity index (χ0n) is 13.0. The van der Waals surface area contributed by atoms with Crippen LogP contribution in [0, 0.1) is 34.5 Å². The van der Waals surface area contributed by atoms with E-state index in [9.17, 15) is 5.26 Å². The number of nitriles is 1. The second-order valence-corrected chi connectivity index (χ2v) is 7.35. The molecule has 0 saturated heterocycles. The van der Waals surface area contributed by atoms with Crippen LogP contribution in [-0.4, -0.2) is 0 Å². The van der Waals surface area contributed by atoms with Gasteiger partial charge in [-0.15, -0.1) is 0 Å². The summed E-state index contributed by atoms with van der Waals surface area (Å²) in [5, 5.41) is 9.63. The molecule has 2 rings (SSSR count). The Kier molecular flexibility index (Phi) is 5.31. The highest BCUT2D eigenvalue weighted by molar-refractivity contribution is 5.02. The summed E-state index contributed by atoms with van der Waals surface area (Å²) in [5.41, 5.74) is 0.0284. The van der Waals surface area contributed by atoms with Gasteiger partial charge in [-0.25, -0.2) is 0 Å². The van der Waals surface area contributed by atoms with E-state index in [1.54, 1.807) is 0 Å². The molecule has 0 spiro atoms. The van der Waals surface area contributed by atoms with Crippen LogP contribution in [0.5, 0.6) is 0 Å². The molecule has 1 atom stereocenters. The lowest BCUT2D eigenvalue weighted by molar-refractivity contribution is 0.120. The van der Waals surface area contributed by atoms with Crippen LogP contribution >= 0.6 is 0 Å². The molecule has 1 nitrogen and oxygen atoms in total. The van der Waals surface area contributed by atoms with Crippen molar-refractivity contribution in [1.82, 2.24) is 0 Å². The summed E-state index contributed by atoms with van der Waals surface area (Å²) in [7, 11) is 0. The Morgan fingerprint density at radius 2 is 1.63 bits per heavy atom. The Labute approximate surface area is 119 Å². The molecule has 0 N–H and O–H groups in total. The largest absolute Gasteiger partial charge is 0.198 e. The monoisotopic (exact) mass is 261 g/mol. The van der Waals surface area contributed by atoms with Gasteiger partial charge in [0.2, 0.25) is 0 Å². The van der Waals surface area contributed by atoms with Gasteiger partial charge in [-0.1, -0.05) is 52.4 Å². The van der Waals surface area contributed by atoms with Gasteiger partial charge in [-0.05, 0) is 49.9 Å². The van der Waals surface area contributed by atoms with E-state index < -0.39 is 0 Å². The smallest absolute Gasteiger partial charge is 0.0689 e. The van der Waals surface area contributed by atoms with Crippen molar-refractivity contribution in [1.29, 1.82) is 5.26 Å². The molecule has 0 heterocycles. The van der Waals surface area contributed by atoms with E-state index >= 15 is 0 Å². The molecule has 1 heteroatoms. The normalized spacial score (nSPS) is 34.7. The predicted molar refractivity (Wildman–Crippen MR) is 80.7 cm³/mol. The van der Waals surface area contributed by atoms with E-state index in [1.807, 2.05) is 0 Å². The molecule has 0 aromatic rings. The Balaban J connectivity index is 1.87. The van der Waals surface area contributed by atoms with Gasteiger partial charge in [0.05, 0.1) is 11.5 Å². The molecule has 1 unspecified atom stereocenters. The standard InChI is InChI=1S/C18H31N/c1-3-15(2)13-18(14-19)11-9-17(10-12-18)16-7-5-4-6-8-16/h15-17H,3-13H2,1-2H3. The summed E-state index contributed by atoms with van der Waals surface area (Å²) in [6.45, 7) is 4.57. The highest BCUT2D eigenvalue weighted by Crippen LogP contribution is 2.47. The minimum atomic E-state index is 0.0284. The van der Waals surface area contributed by atoms with Crippen LogP contribution in [0.15, 0.2) is 0 Å². The zero-order chi connectivity index (χ0) is 13.7. The first kappa shape index (κ1) is 14.9. The first-order valence-corrected chi connectivity index (χ1v) is 8.60. The first-order chi connectivity index (χ1) is 9.19. The van der Waals surface area contributed by atoms with Gasteiger partial charge in [0.1, 0.15) is 0 Å². The van der Waals surface area contributed by atoms with Crippen LogP contribution in [0.25, 0.3) is 0 Å². The lowest BCUT2D eigenvalue weighted by Crippen LogP contribution is -2.31. The van der Waals surface area contributed by atoms with Crippen LogP contribution in [0.2, 0.25) is 0 Å². The maximum Gasteiger partial charge on any atom is 0.0689 e. The topological polar surface area (TPSA) is 23.8 Å². The zero-order valence-corrected chi connectivity index (χ0v) is 13.0. The van der Waals surface area contributed by atoms with E-state index in [-0.39, 0.29) is 5.41 Å². The van der Waals surface area contributed by atoms with E-state index in [4.69, 9.17) is 0 Å². The second kappa shape index (κ2) is 6.78. The quantitative estimate of drug-likeness (QED) is 0.636. The fourth-order valence-corrected chi connectivity index (χ4v) is 4.44. The van der Waals surface area contributed by atoms with Crippen molar-refractivity contribution in [3.8, 4) is 6.07 Å². The van der Waals surface area contributed by atoms with Crippen LogP contribution in [0.3, 0.4) is 0 Å². The Morgan fingerprint density at radius 1 is 1.05 bits per heavy atom. The van der Waals surface area contributed by atoms with Crippen LogP contribution in [0.1, 0.15) is 84.5 Å². The molecular weight excluding hydrogens is 230 g/mol. The summed E-state index contributed by atoms with van der Waals surface area (Å²) in [6, 6.07) is 2.71. The molecule has 0 aromatic carbocycles. The lowest BCUT2D eigenvalue weighted by Gasteiger charge is -2.40. The van der Waals surface area contributed by atoms with Gasteiger partial charge in [0.25, 0.3) is 0 Å². The third-order valence-electron chi connectivity index (χ3n) is 5.98. The van der Waals surface area contributed by atoms with Crippen molar-refractivity contribution in [2.75, 3.05) is 0 Å². The molecule has 0 aromatic heterocycles. The summed E-state index contributed by atoms with van der Waals surface area (Å²) < 4.78 is 0. The van der Waals surface area contributed by atoms with E-state index in [0.29, 0.717) is 5.92 Å². The van der Waals surface area contributed by atoms with Crippen molar-refractivity contribution in [3.05, 3.63) is 0 Å². The first-order valence-electron chi connectivity index (χ1n) is 8.60. The number of hydrogen-bond donors (Lipinski definition) is 0. The van der Waals surface area contributed by atoms with Gasteiger partial charge in [0.15, 0.2) is 0 Å². The minimum absolute atomic E-state index is 0.0284. The average molecular weight is 261 g/mol. The van der Waals surface area contributed by atoms with Crippen LogP contribution in [0.4, 0.5) is 0 Å². The molecule has 2 saturated carbocycles. The summed E-state index contributed by atoms with van der Waals surface area (Å²) in [5.74, 6) is 2.65. The van der Waals surface area contributed by atoms with Gasteiger partial charge in [-0.2, -0.15) is 5.26 Å². The molecule has 0 bridgehead atoms. The maximum atomic E-state index is 9.63. The third-order valence-corrected chi connectivity index (χ3v) is 5.98. The van der Waals surface area contributed by atoms with Crippen molar-refractivity contribution >= 4 is 0 Å². The van der Waals surface area contributed by atoms with Gasteiger partial charge >= 0.3 is 0 Å². The van der Waals surface area contributed by atoms with Crippen molar-refractivity contribution in [2.24, 2.45) is 23.2 Å². The van der Waals surface area contributed by atoms with Gasteiger partial charge in [-0.3, -0.25) is 0 Å². The van der Waals surface area contributed by atoms with Crippen molar-refractivity contribution < 1.29 is 0 Å².